The van der Waals surface area contributed by atoms with Crippen LogP contribution in [-0.4, -0.2) is 16.9 Å². The summed E-state index contributed by atoms with van der Waals surface area (Å²) < 4.78 is 0. The molecular formula is C12H18N4O. The number of nitrogen functional groups attached to an aromatic ring is 1. The predicted molar refractivity (Wildman–Crippen MR) is 66.3 cm³/mol. The molecule has 2 rings (SSSR count). The Balaban J connectivity index is 1.87. The normalized spacial score (nSPS) is 22.0. The summed E-state index contributed by atoms with van der Waals surface area (Å²) in [6.07, 6.45) is 5.01. The third-order valence-corrected chi connectivity index (χ3v) is 3.07. The van der Waals surface area contributed by atoms with Gasteiger partial charge >= 0.3 is 0 Å². The van der Waals surface area contributed by atoms with Crippen molar-refractivity contribution < 1.29 is 4.79 Å². The highest BCUT2D eigenvalue weighted by Crippen LogP contribution is 2.34. The zero-order valence-electron chi connectivity index (χ0n) is 9.94. The first-order chi connectivity index (χ1) is 8.24. The van der Waals surface area contributed by atoms with Gasteiger partial charge in [0.1, 0.15) is 5.82 Å². The number of hydrogen-bond acceptors (Lipinski definition) is 4. The molecule has 2 unspecified atom stereocenters. The summed E-state index contributed by atoms with van der Waals surface area (Å²) in [6, 6.07) is 3.76. The molecule has 5 heteroatoms. The molecule has 1 saturated carbocycles. The SMILES string of the molecule is CCCC1CC1NC(=O)c1ccc(NN)nc1. The van der Waals surface area contributed by atoms with Crippen molar-refractivity contribution in [1.29, 1.82) is 0 Å². The van der Waals surface area contributed by atoms with E-state index in [-0.39, 0.29) is 5.91 Å². The minimum Gasteiger partial charge on any atom is -0.349 e. The van der Waals surface area contributed by atoms with E-state index in [4.69, 9.17) is 5.84 Å². The van der Waals surface area contributed by atoms with Crippen LogP contribution in [0.1, 0.15) is 36.5 Å². The van der Waals surface area contributed by atoms with E-state index in [0.29, 0.717) is 23.3 Å². The predicted octanol–water partition coefficient (Wildman–Crippen LogP) is 1.29. The van der Waals surface area contributed by atoms with Crippen molar-refractivity contribution in [3.05, 3.63) is 23.9 Å². The zero-order chi connectivity index (χ0) is 12.3. The van der Waals surface area contributed by atoms with Crippen LogP contribution in [0.2, 0.25) is 0 Å². The molecule has 1 amide bonds. The van der Waals surface area contributed by atoms with Gasteiger partial charge in [0.25, 0.3) is 5.91 Å². The summed E-state index contributed by atoms with van der Waals surface area (Å²) in [7, 11) is 0. The number of hydrogen-bond donors (Lipinski definition) is 3. The monoisotopic (exact) mass is 234 g/mol. The molecule has 1 fully saturated rings. The van der Waals surface area contributed by atoms with Gasteiger partial charge in [0, 0.05) is 12.2 Å². The summed E-state index contributed by atoms with van der Waals surface area (Å²) in [6.45, 7) is 2.17. The highest BCUT2D eigenvalue weighted by molar-refractivity contribution is 5.94. The first-order valence-corrected chi connectivity index (χ1v) is 5.98. The van der Waals surface area contributed by atoms with Gasteiger partial charge in [-0.2, -0.15) is 0 Å². The Labute approximate surface area is 101 Å². The number of rotatable bonds is 5. The highest BCUT2D eigenvalue weighted by atomic mass is 16.1. The number of amides is 1. The molecule has 0 spiro atoms. The van der Waals surface area contributed by atoms with Gasteiger partial charge in [-0.3, -0.25) is 4.79 Å². The maximum absolute atomic E-state index is 11.8. The molecule has 1 aliphatic carbocycles. The molecule has 0 aromatic carbocycles. The fraction of sp³-hybridized carbons (Fsp3) is 0.500. The number of carbonyl (C=O) groups is 1. The van der Waals surface area contributed by atoms with Gasteiger partial charge in [-0.25, -0.2) is 10.8 Å². The first-order valence-electron chi connectivity index (χ1n) is 5.98. The number of hydrazine groups is 1. The molecule has 0 saturated heterocycles. The minimum absolute atomic E-state index is 0.0512. The Morgan fingerprint density at radius 3 is 3.00 bits per heavy atom. The van der Waals surface area contributed by atoms with Crippen molar-refractivity contribution >= 4 is 11.7 Å². The largest absolute Gasteiger partial charge is 0.349 e. The zero-order valence-corrected chi connectivity index (χ0v) is 9.94. The van der Waals surface area contributed by atoms with Crippen molar-refractivity contribution in [2.24, 2.45) is 11.8 Å². The van der Waals surface area contributed by atoms with Crippen LogP contribution in [0.25, 0.3) is 0 Å². The fourth-order valence-electron chi connectivity index (χ4n) is 1.98. The number of pyridine rings is 1. The molecular weight excluding hydrogens is 216 g/mol. The number of aromatic nitrogens is 1. The Morgan fingerprint density at radius 2 is 2.41 bits per heavy atom. The fourth-order valence-corrected chi connectivity index (χ4v) is 1.98. The first kappa shape index (κ1) is 11.9. The van der Waals surface area contributed by atoms with Gasteiger partial charge in [-0.15, -0.1) is 0 Å². The number of anilines is 1. The molecule has 17 heavy (non-hydrogen) atoms. The lowest BCUT2D eigenvalue weighted by atomic mass is 10.2. The smallest absolute Gasteiger partial charge is 0.253 e. The van der Waals surface area contributed by atoms with Crippen molar-refractivity contribution in [1.82, 2.24) is 10.3 Å². The van der Waals surface area contributed by atoms with Gasteiger partial charge in [0.05, 0.1) is 5.56 Å². The Bertz CT molecular complexity index is 390. The lowest BCUT2D eigenvalue weighted by Crippen LogP contribution is -2.27. The van der Waals surface area contributed by atoms with E-state index in [0.717, 1.165) is 6.42 Å². The number of nitrogens with zero attached hydrogens (tertiary/aromatic N) is 1. The molecule has 1 heterocycles. The van der Waals surface area contributed by atoms with E-state index in [1.54, 1.807) is 12.1 Å². The van der Waals surface area contributed by atoms with Crippen LogP contribution in [0.4, 0.5) is 5.82 Å². The quantitative estimate of drug-likeness (QED) is 0.529. The van der Waals surface area contributed by atoms with Crippen LogP contribution in [0.5, 0.6) is 0 Å². The Morgan fingerprint density at radius 1 is 1.59 bits per heavy atom. The molecule has 2 atom stereocenters. The molecule has 92 valence electrons. The van der Waals surface area contributed by atoms with Gasteiger partial charge in [-0.1, -0.05) is 13.3 Å². The molecule has 4 N–H and O–H groups in total. The van der Waals surface area contributed by atoms with Gasteiger partial charge in [-0.05, 0) is 30.9 Å². The summed E-state index contributed by atoms with van der Waals surface area (Å²) in [4.78, 5) is 15.8. The third-order valence-electron chi connectivity index (χ3n) is 3.07. The summed E-state index contributed by atoms with van der Waals surface area (Å²) in [5, 5.41) is 3.01. The lowest BCUT2D eigenvalue weighted by Gasteiger charge is -2.05. The number of nitrogens with two attached hydrogens (primary N) is 1. The summed E-state index contributed by atoms with van der Waals surface area (Å²) in [5.41, 5.74) is 3.00. The van der Waals surface area contributed by atoms with Gasteiger partial charge < -0.3 is 10.7 Å². The van der Waals surface area contributed by atoms with E-state index in [9.17, 15) is 4.79 Å². The minimum atomic E-state index is -0.0512. The maximum Gasteiger partial charge on any atom is 0.253 e. The van der Waals surface area contributed by atoms with E-state index in [1.165, 1.54) is 19.0 Å². The third kappa shape index (κ3) is 2.94. The molecule has 1 aromatic heterocycles. The average Bonchev–Trinajstić information content (AvgIpc) is 3.08. The second-order valence-electron chi connectivity index (χ2n) is 4.44. The van der Waals surface area contributed by atoms with Crippen molar-refractivity contribution in [2.45, 2.75) is 32.2 Å². The molecule has 5 nitrogen and oxygen atoms in total. The Kier molecular flexibility index (Phi) is 3.58. The second-order valence-corrected chi connectivity index (χ2v) is 4.44. The summed E-state index contributed by atoms with van der Waals surface area (Å²) >= 11 is 0. The maximum atomic E-state index is 11.8. The summed E-state index contributed by atoms with van der Waals surface area (Å²) in [5.74, 6) is 6.38. The second kappa shape index (κ2) is 5.14. The molecule has 1 aliphatic rings. The Hall–Kier alpha value is -1.62. The molecule has 0 aliphatic heterocycles. The lowest BCUT2D eigenvalue weighted by molar-refractivity contribution is 0.0948. The van der Waals surface area contributed by atoms with Crippen LogP contribution in [0, 0.1) is 5.92 Å². The molecule has 0 bridgehead atoms. The van der Waals surface area contributed by atoms with Crippen LogP contribution >= 0.6 is 0 Å². The highest BCUT2D eigenvalue weighted by Gasteiger charge is 2.37. The molecule has 0 radical (unpaired) electrons. The van der Waals surface area contributed by atoms with Crippen LogP contribution in [0.15, 0.2) is 18.3 Å². The standard InChI is InChI=1S/C12H18N4O/c1-2-3-8-6-10(8)15-12(17)9-4-5-11(16-13)14-7-9/h4-5,7-8,10H,2-3,6,13H2,1H3,(H,14,16)(H,15,17). The topological polar surface area (TPSA) is 80.0 Å². The van der Waals surface area contributed by atoms with Crippen molar-refractivity contribution in [3.8, 4) is 0 Å². The van der Waals surface area contributed by atoms with E-state index in [1.807, 2.05) is 0 Å². The van der Waals surface area contributed by atoms with Crippen molar-refractivity contribution in [2.75, 3.05) is 5.43 Å². The van der Waals surface area contributed by atoms with Crippen LogP contribution in [0.3, 0.4) is 0 Å². The van der Waals surface area contributed by atoms with Crippen LogP contribution in [-0.2, 0) is 0 Å². The average molecular weight is 234 g/mol. The van der Waals surface area contributed by atoms with Gasteiger partial charge in [0.2, 0.25) is 0 Å². The number of carbonyl (C=O) groups excluding carboxylic acids is 1. The van der Waals surface area contributed by atoms with E-state index >= 15 is 0 Å². The van der Waals surface area contributed by atoms with Crippen LogP contribution < -0.4 is 16.6 Å². The van der Waals surface area contributed by atoms with Gasteiger partial charge in [0.15, 0.2) is 0 Å². The van der Waals surface area contributed by atoms with E-state index < -0.39 is 0 Å². The molecule has 1 aromatic rings. The number of nitrogens with one attached hydrogen (secondary N) is 2. The van der Waals surface area contributed by atoms with Crippen molar-refractivity contribution in [3.63, 3.8) is 0 Å². The van der Waals surface area contributed by atoms with E-state index in [2.05, 4.69) is 22.7 Å².